The molecule has 1 aromatic rings. The van der Waals surface area contributed by atoms with Gasteiger partial charge in [0, 0.05) is 0 Å². The van der Waals surface area contributed by atoms with Crippen molar-refractivity contribution in [3.05, 3.63) is 12.2 Å². The summed E-state index contributed by atoms with van der Waals surface area (Å²) < 4.78 is 6.19. The van der Waals surface area contributed by atoms with Crippen molar-refractivity contribution in [2.24, 2.45) is 0 Å². The van der Waals surface area contributed by atoms with E-state index in [1.807, 2.05) is 13.8 Å². The summed E-state index contributed by atoms with van der Waals surface area (Å²) >= 11 is 0. The second-order valence-corrected chi connectivity index (χ2v) is 2.21. The monoisotopic (exact) mass is 128 g/mol. The molecule has 2 N–H and O–H groups in total. The Morgan fingerprint density at radius 1 is 1.78 bits per heavy atom. The molecule has 0 fully saturated rings. The van der Waals surface area contributed by atoms with Crippen LogP contribution >= 0.6 is 0 Å². The molecule has 0 aliphatic heterocycles. The lowest BCUT2D eigenvalue weighted by molar-refractivity contribution is -0.652. The van der Waals surface area contributed by atoms with E-state index in [-0.39, 0.29) is 5.92 Å². The molecule has 4 heteroatoms. The Bertz CT molecular complexity index is 194. The van der Waals surface area contributed by atoms with Crippen molar-refractivity contribution >= 4 is 0 Å². The van der Waals surface area contributed by atoms with Gasteiger partial charge < -0.3 is 0 Å². The fraction of sp³-hybridized carbons (Fsp3) is 0.600. The van der Waals surface area contributed by atoms with Crippen LogP contribution in [0.1, 0.15) is 25.7 Å². The number of hydrogen-bond donors (Lipinski definition) is 1. The summed E-state index contributed by atoms with van der Waals surface area (Å²) in [4.78, 5) is 0. The molecule has 0 radical (unpaired) electrons. The Morgan fingerprint density at radius 2 is 2.44 bits per heavy atom. The van der Waals surface area contributed by atoms with Crippen LogP contribution in [0.15, 0.2) is 10.9 Å². The van der Waals surface area contributed by atoms with Gasteiger partial charge in [-0.1, -0.05) is 18.5 Å². The van der Waals surface area contributed by atoms with Crippen molar-refractivity contribution in [3.8, 4) is 0 Å². The molecule has 0 saturated carbocycles. The van der Waals surface area contributed by atoms with Crippen LogP contribution in [0.3, 0.4) is 0 Å². The second-order valence-electron chi connectivity index (χ2n) is 2.21. The molecule has 1 aromatic heterocycles. The average molecular weight is 128 g/mol. The zero-order valence-corrected chi connectivity index (χ0v) is 5.53. The summed E-state index contributed by atoms with van der Waals surface area (Å²) in [5.41, 5.74) is 0. The van der Waals surface area contributed by atoms with Gasteiger partial charge in [0.05, 0.1) is 5.92 Å². The van der Waals surface area contributed by atoms with Crippen LogP contribution < -0.4 is 10.5 Å². The first-order valence-electron chi connectivity index (χ1n) is 2.83. The first-order chi connectivity index (χ1) is 4.22. The molecule has 1 heterocycles. The third-order valence-corrected chi connectivity index (χ3v) is 1.07. The Balaban J connectivity index is 2.94. The highest BCUT2D eigenvalue weighted by atomic mass is 16.5. The molecule has 0 unspecified atom stereocenters. The summed E-state index contributed by atoms with van der Waals surface area (Å²) in [6, 6.07) is 0. The third-order valence-electron chi connectivity index (χ3n) is 1.07. The minimum Gasteiger partial charge on any atom is -0.266 e. The van der Waals surface area contributed by atoms with Crippen molar-refractivity contribution in [1.29, 1.82) is 0 Å². The second kappa shape index (κ2) is 2.05. The molecule has 0 atom stereocenters. The smallest absolute Gasteiger partial charge is 0.266 e. The highest BCUT2D eigenvalue weighted by molar-refractivity contribution is 4.73. The standard InChI is InChI=1S/C5H10N3O/c1-4(2)5-8(6)3-7-9-5/h3-4H,6H2,1-2H3/q+1. The number of nitrogens with two attached hydrogens (primary N) is 1. The van der Waals surface area contributed by atoms with E-state index in [4.69, 9.17) is 10.4 Å². The van der Waals surface area contributed by atoms with Gasteiger partial charge in [-0.3, -0.25) is 5.84 Å². The maximum atomic E-state index is 5.40. The molecule has 50 valence electrons. The van der Waals surface area contributed by atoms with Gasteiger partial charge in [0.1, 0.15) is 0 Å². The van der Waals surface area contributed by atoms with E-state index >= 15 is 0 Å². The van der Waals surface area contributed by atoms with Crippen LogP contribution in [0.2, 0.25) is 0 Å². The predicted molar refractivity (Wildman–Crippen MR) is 30.9 cm³/mol. The van der Waals surface area contributed by atoms with E-state index in [0.29, 0.717) is 5.89 Å². The highest BCUT2D eigenvalue weighted by Crippen LogP contribution is 2.05. The van der Waals surface area contributed by atoms with Crippen molar-refractivity contribution in [1.82, 2.24) is 5.16 Å². The van der Waals surface area contributed by atoms with Crippen molar-refractivity contribution in [3.63, 3.8) is 0 Å². The Hall–Kier alpha value is -1.06. The number of nitrogen functional groups attached to an aromatic ring is 1. The molecule has 9 heavy (non-hydrogen) atoms. The summed E-state index contributed by atoms with van der Waals surface area (Å²) in [5.74, 6) is 6.38. The molecule has 0 bridgehead atoms. The van der Waals surface area contributed by atoms with Crippen molar-refractivity contribution in [2.45, 2.75) is 19.8 Å². The van der Waals surface area contributed by atoms with Gasteiger partial charge in [0.15, 0.2) is 5.16 Å². The number of hydrogen-bond acceptors (Lipinski definition) is 3. The summed E-state index contributed by atoms with van der Waals surface area (Å²) in [7, 11) is 0. The van der Waals surface area contributed by atoms with Gasteiger partial charge in [-0.2, -0.15) is 0 Å². The summed E-state index contributed by atoms with van der Waals surface area (Å²) in [5, 5.41) is 3.51. The minimum absolute atomic E-state index is 0.289. The predicted octanol–water partition coefficient (Wildman–Crippen LogP) is -0.201. The molecule has 1 rings (SSSR count). The molecule has 0 amide bonds. The number of nitrogens with zero attached hydrogens (tertiary/aromatic N) is 2. The van der Waals surface area contributed by atoms with E-state index in [9.17, 15) is 0 Å². The highest BCUT2D eigenvalue weighted by Gasteiger charge is 2.14. The third kappa shape index (κ3) is 1.01. The molecule has 0 aliphatic carbocycles. The Morgan fingerprint density at radius 3 is 2.67 bits per heavy atom. The maximum absolute atomic E-state index is 5.40. The molecular weight excluding hydrogens is 118 g/mol. The van der Waals surface area contributed by atoms with Gasteiger partial charge in [0.2, 0.25) is 0 Å². The zero-order chi connectivity index (χ0) is 6.85. The first-order valence-corrected chi connectivity index (χ1v) is 2.83. The Kier molecular flexibility index (Phi) is 1.38. The van der Waals surface area contributed by atoms with Gasteiger partial charge >= 0.3 is 12.2 Å². The lowest BCUT2D eigenvalue weighted by Gasteiger charge is -1.91. The van der Waals surface area contributed by atoms with Crippen LogP contribution in [0.4, 0.5) is 0 Å². The molecule has 0 aliphatic rings. The number of aromatic nitrogens is 2. The van der Waals surface area contributed by atoms with Crippen LogP contribution in [0.5, 0.6) is 0 Å². The molecule has 0 saturated heterocycles. The molecule has 4 nitrogen and oxygen atoms in total. The van der Waals surface area contributed by atoms with Gasteiger partial charge in [0.25, 0.3) is 0 Å². The van der Waals surface area contributed by atoms with E-state index in [0.717, 1.165) is 0 Å². The quantitative estimate of drug-likeness (QED) is 0.421. The summed E-state index contributed by atoms with van der Waals surface area (Å²) in [6.07, 6.45) is 1.44. The van der Waals surface area contributed by atoms with Crippen LogP contribution in [0, 0.1) is 0 Å². The van der Waals surface area contributed by atoms with Crippen molar-refractivity contribution < 1.29 is 9.20 Å². The lowest BCUT2D eigenvalue weighted by atomic mass is 10.2. The van der Waals surface area contributed by atoms with Crippen LogP contribution in [-0.4, -0.2) is 5.16 Å². The van der Waals surface area contributed by atoms with E-state index in [2.05, 4.69) is 5.16 Å². The van der Waals surface area contributed by atoms with Gasteiger partial charge in [-0.15, -0.1) is 0 Å². The molecule has 0 aromatic carbocycles. The minimum atomic E-state index is 0.289. The molecular formula is C5H10N3O+. The average Bonchev–Trinajstić information content (AvgIpc) is 2.13. The SMILES string of the molecule is CC(C)c1onc[n+]1N. The van der Waals surface area contributed by atoms with Crippen molar-refractivity contribution in [2.75, 3.05) is 5.84 Å². The summed E-state index contributed by atoms with van der Waals surface area (Å²) in [6.45, 7) is 3.98. The fourth-order valence-corrected chi connectivity index (χ4v) is 0.636. The molecule has 0 spiro atoms. The lowest BCUT2D eigenvalue weighted by Crippen LogP contribution is -2.46. The maximum Gasteiger partial charge on any atom is 0.360 e. The van der Waals surface area contributed by atoms with Gasteiger partial charge in [-0.25, -0.2) is 4.52 Å². The zero-order valence-electron chi connectivity index (χ0n) is 5.53. The normalized spacial score (nSPS) is 10.6. The van der Waals surface area contributed by atoms with Crippen LogP contribution in [-0.2, 0) is 0 Å². The first kappa shape index (κ1) is 6.07. The fourth-order valence-electron chi connectivity index (χ4n) is 0.636. The Labute approximate surface area is 53.2 Å². The largest absolute Gasteiger partial charge is 0.360 e. The van der Waals surface area contributed by atoms with Crippen LogP contribution in [0.25, 0.3) is 0 Å². The number of rotatable bonds is 1. The van der Waals surface area contributed by atoms with E-state index < -0.39 is 0 Å². The van der Waals surface area contributed by atoms with E-state index in [1.54, 1.807) is 0 Å². The topological polar surface area (TPSA) is 55.9 Å². The van der Waals surface area contributed by atoms with E-state index in [1.165, 1.54) is 11.0 Å². The van der Waals surface area contributed by atoms with Gasteiger partial charge in [-0.05, 0) is 0 Å².